The molecule has 7 heteroatoms. The highest BCUT2D eigenvalue weighted by Gasteiger charge is 2.45. The fourth-order valence-corrected chi connectivity index (χ4v) is 6.62. The van der Waals surface area contributed by atoms with Gasteiger partial charge in [0.05, 0.1) is 30.8 Å². The van der Waals surface area contributed by atoms with Gasteiger partial charge in [-0.3, -0.25) is 14.4 Å². The van der Waals surface area contributed by atoms with Gasteiger partial charge in [0.2, 0.25) is 0 Å². The Balaban J connectivity index is 1.06. The molecule has 2 bridgehead atoms. The lowest BCUT2D eigenvalue weighted by Gasteiger charge is -2.47. The smallest absolute Gasteiger partial charge is 0.410 e. The minimum atomic E-state index is -0.314. The Kier molecular flexibility index (Phi) is 5.55. The lowest BCUT2D eigenvalue weighted by atomic mass is 9.81. The van der Waals surface area contributed by atoms with E-state index in [1.165, 1.54) is 22.3 Å². The molecule has 2 saturated heterocycles. The number of Topliss-reactive ketones (excluding diaryl/α,β-unsaturated/α-hetero) is 1. The summed E-state index contributed by atoms with van der Waals surface area (Å²) in [4.78, 5) is 28.8. The van der Waals surface area contributed by atoms with Crippen molar-refractivity contribution in [3.8, 4) is 11.1 Å². The van der Waals surface area contributed by atoms with E-state index in [0.29, 0.717) is 31.6 Å². The molecular formula is C31H29N3O4. The molecule has 2 aliphatic heterocycles. The molecule has 2 atom stereocenters. The summed E-state index contributed by atoms with van der Waals surface area (Å²) >= 11 is 0. The lowest BCUT2D eigenvalue weighted by Crippen LogP contribution is -2.60. The van der Waals surface area contributed by atoms with E-state index >= 15 is 0 Å². The maximum Gasteiger partial charge on any atom is 0.410 e. The number of benzene rings is 3. The number of fused-ring (bicyclic) bond motifs is 6. The van der Waals surface area contributed by atoms with Crippen molar-refractivity contribution in [2.24, 2.45) is 13.0 Å². The van der Waals surface area contributed by atoms with Crippen LogP contribution in [0.4, 0.5) is 4.79 Å². The van der Waals surface area contributed by atoms with Gasteiger partial charge in [0.1, 0.15) is 6.61 Å². The van der Waals surface area contributed by atoms with Gasteiger partial charge < -0.3 is 9.47 Å². The molecule has 1 aromatic heterocycles. The number of morpholine rings is 1. The van der Waals surface area contributed by atoms with Crippen molar-refractivity contribution in [3.63, 3.8) is 0 Å². The van der Waals surface area contributed by atoms with Crippen LogP contribution in [0.15, 0.2) is 72.9 Å². The van der Waals surface area contributed by atoms with Crippen LogP contribution >= 0.6 is 0 Å². The largest absolute Gasteiger partial charge is 0.448 e. The van der Waals surface area contributed by atoms with E-state index in [9.17, 15) is 9.59 Å². The maximum absolute atomic E-state index is 13.5. The van der Waals surface area contributed by atoms with Crippen LogP contribution in [0.1, 0.15) is 40.2 Å². The van der Waals surface area contributed by atoms with E-state index in [0.717, 1.165) is 10.9 Å². The Morgan fingerprint density at radius 3 is 2.29 bits per heavy atom. The number of piperidine rings is 1. The van der Waals surface area contributed by atoms with Gasteiger partial charge in [-0.2, -0.15) is 5.10 Å². The molecule has 192 valence electrons. The number of hydrogen-bond donors (Lipinski definition) is 0. The summed E-state index contributed by atoms with van der Waals surface area (Å²) in [6.07, 6.45) is 2.77. The number of nitrogens with zero attached hydrogens (tertiary/aromatic N) is 3. The first-order valence-corrected chi connectivity index (χ1v) is 13.3. The first-order chi connectivity index (χ1) is 18.6. The van der Waals surface area contributed by atoms with Crippen LogP contribution in [0.25, 0.3) is 22.0 Å². The Bertz CT molecular complexity index is 1500. The van der Waals surface area contributed by atoms with E-state index in [1.54, 1.807) is 4.68 Å². The predicted octanol–water partition coefficient (Wildman–Crippen LogP) is 5.18. The molecule has 7 rings (SSSR count). The van der Waals surface area contributed by atoms with Crippen LogP contribution in [0.5, 0.6) is 0 Å². The van der Waals surface area contributed by atoms with Gasteiger partial charge in [0.25, 0.3) is 0 Å². The fraction of sp³-hybridized carbons (Fsp3) is 0.323. The number of ketones is 1. The van der Waals surface area contributed by atoms with Crippen LogP contribution in [-0.4, -0.2) is 58.5 Å². The molecule has 0 N–H and O–H groups in total. The normalized spacial score (nSPS) is 22.2. The van der Waals surface area contributed by atoms with Crippen molar-refractivity contribution >= 4 is 22.8 Å². The molecule has 0 saturated carbocycles. The van der Waals surface area contributed by atoms with E-state index in [1.807, 2.05) is 60.6 Å². The third-order valence-electron chi connectivity index (χ3n) is 8.34. The number of carbonyl (C=O) groups is 2. The average Bonchev–Trinajstić information content (AvgIpc) is 3.46. The molecule has 7 nitrogen and oxygen atoms in total. The molecule has 3 aromatic carbocycles. The first kappa shape index (κ1) is 23.2. The van der Waals surface area contributed by atoms with Gasteiger partial charge in [0, 0.05) is 36.0 Å². The van der Waals surface area contributed by atoms with Crippen molar-refractivity contribution in [1.29, 1.82) is 0 Å². The molecule has 3 heterocycles. The summed E-state index contributed by atoms with van der Waals surface area (Å²) in [5.41, 5.74) is 6.29. The molecular weight excluding hydrogens is 478 g/mol. The van der Waals surface area contributed by atoms with Crippen LogP contribution in [0, 0.1) is 5.92 Å². The van der Waals surface area contributed by atoms with Gasteiger partial charge in [0.15, 0.2) is 5.78 Å². The second kappa shape index (κ2) is 9.10. The molecule has 38 heavy (non-hydrogen) atoms. The summed E-state index contributed by atoms with van der Waals surface area (Å²) in [7, 11) is 1.88. The number of ether oxygens (including phenoxy) is 2. The number of carbonyl (C=O) groups excluding carboxylic acids is 2. The van der Waals surface area contributed by atoms with Gasteiger partial charge in [-0.15, -0.1) is 0 Å². The van der Waals surface area contributed by atoms with E-state index in [4.69, 9.17) is 9.47 Å². The molecule has 4 aromatic rings. The summed E-state index contributed by atoms with van der Waals surface area (Å²) in [5, 5.41) is 5.46. The molecule has 1 amide bonds. The zero-order chi connectivity index (χ0) is 25.8. The molecule has 1 aliphatic carbocycles. The van der Waals surface area contributed by atoms with Gasteiger partial charge >= 0.3 is 6.09 Å². The van der Waals surface area contributed by atoms with Crippen LogP contribution in [0.2, 0.25) is 0 Å². The zero-order valence-corrected chi connectivity index (χ0v) is 21.2. The minimum Gasteiger partial charge on any atom is -0.448 e. The van der Waals surface area contributed by atoms with E-state index < -0.39 is 0 Å². The summed E-state index contributed by atoms with van der Waals surface area (Å²) in [6, 6.07) is 22.0. The van der Waals surface area contributed by atoms with Crippen LogP contribution in [0.3, 0.4) is 0 Å². The topological polar surface area (TPSA) is 73.7 Å². The highest BCUT2D eigenvalue weighted by atomic mass is 16.6. The number of amides is 1. The standard InChI is InChI=1S/C31H29N3O4/c1-33-15-20-11-10-19(14-29(20)32-33)30(35)21-12-22-16-37-17-23(13-21)34(22)31(36)38-18-28-26-8-4-2-6-24(26)25-7-3-5-9-27(25)28/h2-11,14-15,21-23,28H,12-13,16-18H2,1H3. The average molecular weight is 508 g/mol. The molecule has 2 fully saturated rings. The zero-order valence-electron chi connectivity index (χ0n) is 21.2. The summed E-state index contributed by atoms with van der Waals surface area (Å²) in [6.45, 7) is 1.13. The molecule has 2 unspecified atom stereocenters. The fourth-order valence-electron chi connectivity index (χ4n) is 6.62. The first-order valence-electron chi connectivity index (χ1n) is 13.3. The number of rotatable bonds is 4. The summed E-state index contributed by atoms with van der Waals surface area (Å²) in [5.74, 6) is -0.0302. The van der Waals surface area contributed by atoms with Crippen molar-refractivity contribution in [2.75, 3.05) is 19.8 Å². The maximum atomic E-state index is 13.5. The lowest BCUT2D eigenvalue weighted by molar-refractivity contribution is -0.0747. The highest BCUT2D eigenvalue weighted by molar-refractivity contribution is 6.00. The molecule has 0 radical (unpaired) electrons. The van der Waals surface area contributed by atoms with Gasteiger partial charge in [-0.1, -0.05) is 60.7 Å². The van der Waals surface area contributed by atoms with Crippen molar-refractivity contribution in [2.45, 2.75) is 30.8 Å². The Hall–Kier alpha value is -3.97. The van der Waals surface area contributed by atoms with Gasteiger partial charge in [-0.25, -0.2) is 4.79 Å². The summed E-state index contributed by atoms with van der Waals surface area (Å²) < 4.78 is 13.5. The second-order valence-corrected chi connectivity index (χ2v) is 10.7. The second-order valence-electron chi connectivity index (χ2n) is 10.7. The Labute approximate surface area is 221 Å². The number of aryl methyl sites for hydroxylation is 1. The Morgan fingerprint density at radius 2 is 1.61 bits per heavy atom. The molecule has 3 aliphatic rings. The van der Waals surface area contributed by atoms with Crippen LogP contribution < -0.4 is 0 Å². The van der Waals surface area contributed by atoms with Crippen molar-refractivity contribution < 1.29 is 19.1 Å². The minimum absolute atomic E-state index is 0.0167. The van der Waals surface area contributed by atoms with E-state index in [-0.39, 0.29) is 42.4 Å². The quantitative estimate of drug-likeness (QED) is 0.356. The van der Waals surface area contributed by atoms with Crippen molar-refractivity contribution in [1.82, 2.24) is 14.7 Å². The monoisotopic (exact) mass is 507 g/mol. The van der Waals surface area contributed by atoms with Crippen LogP contribution in [-0.2, 0) is 16.5 Å². The predicted molar refractivity (Wildman–Crippen MR) is 143 cm³/mol. The molecule has 0 spiro atoms. The van der Waals surface area contributed by atoms with Crippen molar-refractivity contribution in [3.05, 3.63) is 89.6 Å². The highest BCUT2D eigenvalue weighted by Crippen LogP contribution is 2.44. The van der Waals surface area contributed by atoms with Gasteiger partial charge in [-0.05, 0) is 41.2 Å². The Morgan fingerprint density at radius 1 is 0.947 bits per heavy atom. The third kappa shape index (κ3) is 3.80. The number of hydrogen-bond acceptors (Lipinski definition) is 5. The SMILES string of the molecule is Cn1cc2ccc(C(=O)C3CC4COCC(C3)N4C(=O)OCC3c4ccccc4-c4ccccc43)cc2n1. The third-order valence-corrected chi connectivity index (χ3v) is 8.34. The van der Waals surface area contributed by atoms with E-state index in [2.05, 4.69) is 29.4 Å². The number of aromatic nitrogens is 2.